The monoisotopic (exact) mass is 206 g/mol. The summed E-state index contributed by atoms with van der Waals surface area (Å²) < 4.78 is 0. The Morgan fingerprint density at radius 3 is 2.27 bits per heavy atom. The van der Waals surface area contributed by atoms with Crippen LogP contribution in [0.1, 0.15) is 45.6 Å². The van der Waals surface area contributed by atoms with E-state index in [0.29, 0.717) is 23.5 Å². The van der Waals surface area contributed by atoms with Crippen LogP contribution in [0.25, 0.3) is 0 Å². The Kier molecular flexibility index (Phi) is 4.19. The number of aromatic hydroxyl groups is 1. The van der Waals surface area contributed by atoms with Crippen LogP contribution in [0.3, 0.4) is 0 Å². The zero-order chi connectivity index (χ0) is 11.4. The van der Waals surface area contributed by atoms with Crippen LogP contribution in [-0.2, 0) is 0 Å². The lowest BCUT2D eigenvalue weighted by atomic mass is 9.82. The van der Waals surface area contributed by atoms with Crippen molar-refractivity contribution in [2.75, 3.05) is 0 Å². The Bertz CT molecular complexity index is 302. The van der Waals surface area contributed by atoms with Crippen LogP contribution < -0.4 is 0 Å². The van der Waals surface area contributed by atoms with Gasteiger partial charge in [0, 0.05) is 0 Å². The van der Waals surface area contributed by atoms with Crippen LogP contribution in [0.2, 0.25) is 0 Å². The van der Waals surface area contributed by atoms with E-state index in [4.69, 9.17) is 0 Å². The second-order valence-corrected chi connectivity index (χ2v) is 5.08. The highest BCUT2D eigenvalue weighted by Gasteiger charge is 2.17. The number of hydrogen-bond acceptors (Lipinski definition) is 1. The fourth-order valence-corrected chi connectivity index (χ4v) is 2.06. The van der Waals surface area contributed by atoms with E-state index in [1.807, 2.05) is 12.1 Å². The van der Waals surface area contributed by atoms with E-state index in [0.717, 1.165) is 0 Å². The minimum atomic E-state index is 0.377. The highest BCUT2D eigenvalue weighted by Crippen LogP contribution is 2.32. The van der Waals surface area contributed by atoms with E-state index in [1.165, 1.54) is 12.0 Å². The van der Waals surface area contributed by atoms with Gasteiger partial charge in [0.1, 0.15) is 5.75 Å². The maximum Gasteiger partial charge on any atom is 0.115 e. The normalized spacial score (nSPS) is 13.5. The average Bonchev–Trinajstić information content (AvgIpc) is 2.13. The highest BCUT2D eigenvalue weighted by molar-refractivity contribution is 5.30. The molecule has 0 bridgehead atoms. The molecule has 0 aliphatic rings. The quantitative estimate of drug-likeness (QED) is 0.783. The van der Waals surface area contributed by atoms with E-state index in [-0.39, 0.29) is 0 Å². The Morgan fingerprint density at radius 2 is 1.80 bits per heavy atom. The molecule has 84 valence electrons. The number of benzene rings is 1. The molecule has 1 aromatic rings. The Labute approximate surface area is 93.1 Å². The maximum absolute atomic E-state index is 9.48. The number of rotatable bonds is 4. The highest BCUT2D eigenvalue weighted by atomic mass is 16.3. The molecule has 0 aromatic heterocycles. The molecule has 0 saturated heterocycles. The molecule has 0 aliphatic heterocycles. The van der Waals surface area contributed by atoms with Crippen molar-refractivity contribution in [2.45, 2.75) is 40.0 Å². The fraction of sp³-hybridized carbons (Fsp3) is 0.571. The summed E-state index contributed by atoms with van der Waals surface area (Å²) in [6.07, 6.45) is 1.18. The first-order valence-corrected chi connectivity index (χ1v) is 5.79. The molecule has 0 heterocycles. The van der Waals surface area contributed by atoms with Crippen molar-refractivity contribution in [2.24, 2.45) is 11.8 Å². The lowest BCUT2D eigenvalue weighted by Crippen LogP contribution is -2.09. The summed E-state index contributed by atoms with van der Waals surface area (Å²) in [7, 11) is 0. The Morgan fingerprint density at radius 1 is 1.13 bits per heavy atom. The van der Waals surface area contributed by atoms with Crippen molar-refractivity contribution in [3.05, 3.63) is 29.8 Å². The van der Waals surface area contributed by atoms with Gasteiger partial charge in [0.2, 0.25) is 0 Å². The summed E-state index contributed by atoms with van der Waals surface area (Å²) in [5.41, 5.74) is 1.26. The molecular formula is C14H22O. The minimum Gasteiger partial charge on any atom is -0.508 e. The van der Waals surface area contributed by atoms with Crippen LogP contribution in [0.4, 0.5) is 0 Å². The topological polar surface area (TPSA) is 20.2 Å². The molecule has 0 amide bonds. The lowest BCUT2D eigenvalue weighted by Gasteiger charge is -2.23. The molecule has 0 radical (unpaired) electrons. The zero-order valence-electron chi connectivity index (χ0n) is 10.2. The molecule has 0 spiro atoms. The molecule has 1 nitrogen and oxygen atoms in total. The number of hydrogen-bond donors (Lipinski definition) is 1. The summed E-state index contributed by atoms with van der Waals surface area (Å²) in [4.78, 5) is 0. The van der Waals surface area contributed by atoms with Gasteiger partial charge < -0.3 is 5.11 Å². The van der Waals surface area contributed by atoms with Gasteiger partial charge in [-0.2, -0.15) is 0 Å². The van der Waals surface area contributed by atoms with Crippen LogP contribution in [0, 0.1) is 11.8 Å². The third kappa shape index (κ3) is 3.58. The van der Waals surface area contributed by atoms with Crippen molar-refractivity contribution in [3.8, 4) is 5.75 Å². The molecule has 1 heteroatoms. The summed E-state index contributed by atoms with van der Waals surface area (Å²) >= 11 is 0. The zero-order valence-corrected chi connectivity index (χ0v) is 10.2. The first-order chi connectivity index (χ1) is 7.00. The standard InChI is InChI=1S/C14H22O/c1-10(2)8-14(11(3)4)12-6-5-7-13(15)9-12/h5-7,9-11,14-15H,8H2,1-4H3. The average molecular weight is 206 g/mol. The van der Waals surface area contributed by atoms with Gasteiger partial charge >= 0.3 is 0 Å². The van der Waals surface area contributed by atoms with Crippen LogP contribution in [0.5, 0.6) is 5.75 Å². The van der Waals surface area contributed by atoms with Gasteiger partial charge in [-0.05, 0) is 41.9 Å². The van der Waals surface area contributed by atoms with Crippen molar-refractivity contribution in [1.29, 1.82) is 0 Å². The fourth-order valence-electron chi connectivity index (χ4n) is 2.06. The summed E-state index contributed by atoms with van der Waals surface area (Å²) in [5, 5.41) is 9.48. The largest absolute Gasteiger partial charge is 0.508 e. The van der Waals surface area contributed by atoms with Gasteiger partial charge in [0.05, 0.1) is 0 Å². The number of phenolic OH excluding ortho intramolecular Hbond substituents is 1. The van der Waals surface area contributed by atoms with Gasteiger partial charge in [-0.25, -0.2) is 0 Å². The first-order valence-electron chi connectivity index (χ1n) is 5.79. The third-order valence-electron chi connectivity index (χ3n) is 2.83. The summed E-state index contributed by atoms with van der Waals surface area (Å²) in [6, 6.07) is 7.68. The molecule has 15 heavy (non-hydrogen) atoms. The SMILES string of the molecule is CC(C)CC(c1cccc(O)c1)C(C)C. The van der Waals surface area contributed by atoms with E-state index < -0.39 is 0 Å². The van der Waals surface area contributed by atoms with Crippen molar-refractivity contribution in [3.63, 3.8) is 0 Å². The molecule has 1 atom stereocenters. The predicted octanol–water partition coefficient (Wildman–Crippen LogP) is 4.18. The molecule has 1 rings (SSSR count). The third-order valence-corrected chi connectivity index (χ3v) is 2.83. The van der Waals surface area contributed by atoms with E-state index in [9.17, 15) is 5.11 Å². The van der Waals surface area contributed by atoms with Crippen LogP contribution in [0.15, 0.2) is 24.3 Å². The van der Waals surface area contributed by atoms with Gasteiger partial charge in [-0.15, -0.1) is 0 Å². The molecular weight excluding hydrogens is 184 g/mol. The van der Waals surface area contributed by atoms with Crippen molar-refractivity contribution in [1.82, 2.24) is 0 Å². The predicted molar refractivity (Wildman–Crippen MR) is 65.1 cm³/mol. The second kappa shape index (κ2) is 5.20. The van der Waals surface area contributed by atoms with E-state index >= 15 is 0 Å². The maximum atomic E-state index is 9.48. The first kappa shape index (κ1) is 12.1. The lowest BCUT2D eigenvalue weighted by molar-refractivity contribution is 0.405. The van der Waals surface area contributed by atoms with Gasteiger partial charge in [0.25, 0.3) is 0 Å². The molecule has 0 saturated carbocycles. The van der Waals surface area contributed by atoms with Crippen molar-refractivity contribution < 1.29 is 5.11 Å². The summed E-state index contributed by atoms with van der Waals surface area (Å²) in [6.45, 7) is 8.99. The summed E-state index contributed by atoms with van der Waals surface area (Å²) in [5.74, 6) is 2.24. The Balaban J connectivity index is 2.88. The molecule has 1 unspecified atom stereocenters. The molecule has 1 N–H and O–H groups in total. The van der Waals surface area contributed by atoms with Crippen LogP contribution >= 0.6 is 0 Å². The smallest absolute Gasteiger partial charge is 0.115 e. The van der Waals surface area contributed by atoms with E-state index in [1.54, 1.807) is 6.07 Å². The van der Waals surface area contributed by atoms with Crippen LogP contribution in [-0.4, -0.2) is 5.11 Å². The molecule has 0 aliphatic carbocycles. The molecule has 0 fully saturated rings. The minimum absolute atomic E-state index is 0.377. The van der Waals surface area contributed by atoms with E-state index in [2.05, 4.69) is 33.8 Å². The second-order valence-electron chi connectivity index (χ2n) is 5.08. The molecule has 1 aromatic carbocycles. The number of phenols is 1. The van der Waals surface area contributed by atoms with Gasteiger partial charge in [-0.1, -0.05) is 39.8 Å². The Hall–Kier alpha value is -0.980. The van der Waals surface area contributed by atoms with Gasteiger partial charge in [-0.3, -0.25) is 0 Å². The van der Waals surface area contributed by atoms with Crippen molar-refractivity contribution >= 4 is 0 Å². The van der Waals surface area contributed by atoms with Gasteiger partial charge in [0.15, 0.2) is 0 Å².